The van der Waals surface area contributed by atoms with E-state index in [1.807, 2.05) is 51.2 Å². The molecule has 0 aliphatic heterocycles. The van der Waals surface area contributed by atoms with E-state index in [9.17, 15) is 4.79 Å². The Morgan fingerprint density at radius 1 is 1.35 bits per heavy atom. The largest absolute Gasteiger partial charge is 0.439 e. The molecule has 0 saturated carbocycles. The second-order valence-corrected chi connectivity index (χ2v) is 5.74. The van der Waals surface area contributed by atoms with Gasteiger partial charge in [0, 0.05) is 27.7 Å². The van der Waals surface area contributed by atoms with Crippen molar-refractivity contribution in [2.75, 3.05) is 14.1 Å². The van der Waals surface area contributed by atoms with Gasteiger partial charge in [-0.2, -0.15) is 5.10 Å². The van der Waals surface area contributed by atoms with Crippen LogP contribution in [0.15, 0.2) is 30.3 Å². The maximum atomic E-state index is 11.9. The summed E-state index contributed by atoms with van der Waals surface area (Å²) in [5, 5.41) is 7.66. The van der Waals surface area contributed by atoms with Crippen LogP contribution in [0.3, 0.4) is 0 Å². The predicted molar refractivity (Wildman–Crippen MR) is 89.5 cm³/mol. The highest BCUT2D eigenvalue weighted by Gasteiger charge is 2.19. The Kier molecular flexibility index (Phi) is 5.39. The van der Waals surface area contributed by atoms with Crippen molar-refractivity contribution < 1.29 is 9.53 Å². The second kappa shape index (κ2) is 7.28. The number of nitrogens with zero attached hydrogens (tertiary/aromatic N) is 3. The molecule has 6 heteroatoms. The lowest BCUT2D eigenvalue weighted by Gasteiger charge is -2.18. The monoisotopic (exact) mass is 316 g/mol. The molecular formula is C17H24N4O2. The van der Waals surface area contributed by atoms with E-state index in [4.69, 9.17) is 4.74 Å². The lowest BCUT2D eigenvalue weighted by Crippen LogP contribution is -2.41. The molecule has 0 aliphatic rings. The van der Waals surface area contributed by atoms with Gasteiger partial charge in [-0.3, -0.25) is 4.79 Å². The summed E-state index contributed by atoms with van der Waals surface area (Å²) in [6, 6.07) is 9.32. The number of hydrogen-bond acceptors (Lipinski definition) is 4. The Balaban J connectivity index is 2.14. The molecule has 0 radical (unpaired) electrons. The van der Waals surface area contributed by atoms with Crippen molar-refractivity contribution in [1.82, 2.24) is 20.0 Å². The third-order valence-electron chi connectivity index (χ3n) is 3.64. The van der Waals surface area contributed by atoms with Gasteiger partial charge in [0.2, 0.25) is 11.8 Å². The van der Waals surface area contributed by atoms with Gasteiger partial charge >= 0.3 is 0 Å². The molecule has 0 aliphatic carbocycles. The number of likely N-dealkylation sites (N-methyl/N-ethyl adjacent to an activating group) is 1. The normalized spacial score (nSPS) is 12.0. The van der Waals surface area contributed by atoms with Crippen molar-refractivity contribution in [3.05, 3.63) is 41.6 Å². The van der Waals surface area contributed by atoms with Crippen LogP contribution in [0.5, 0.6) is 11.6 Å². The van der Waals surface area contributed by atoms with Crippen molar-refractivity contribution in [3.8, 4) is 11.6 Å². The van der Waals surface area contributed by atoms with Crippen LogP contribution >= 0.6 is 0 Å². The first-order chi connectivity index (χ1) is 10.9. The van der Waals surface area contributed by atoms with Gasteiger partial charge in [0.05, 0.1) is 17.3 Å². The Bertz CT molecular complexity index is 665. The zero-order valence-electron chi connectivity index (χ0n) is 14.3. The summed E-state index contributed by atoms with van der Waals surface area (Å²) in [6.45, 7) is 4.31. The van der Waals surface area contributed by atoms with E-state index >= 15 is 0 Å². The zero-order chi connectivity index (χ0) is 17.0. The Labute approximate surface area is 137 Å². The van der Waals surface area contributed by atoms with Gasteiger partial charge in [-0.15, -0.1) is 0 Å². The summed E-state index contributed by atoms with van der Waals surface area (Å²) in [5.41, 5.74) is 1.84. The topological polar surface area (TPSA) is 59.4 Å². The van der Waals surface area contributed by atoms with E-state index in [0.29, 0.717) is 12.4 Å². The highest BCUT2D eigenvalue weighted by Crippen LogP contribution is 2.27. The molecule has 1 heterocycles. The number of para-hydroxylation sites is 1. The van der Waals surface area contributed by atoms with Crippen LogP contribution in [-0.2, 0) is 18.4 Å². The molecule has 124 valence electrons. The molecule has 6 nitrogen and oxygen atoms in total. The molecule has 1 atom stereocenters. The number of aromatic nitrogens is 2. The molecule has 1 N–H and O–H groups in total. The molecule has 1 unspecified atom stereocenters. The van der Waals surface area contributed by atoms with Crippen molar-refractivity contribution in [2.24, 2.45) is 7.05 Å². The lowest BCUT2D eigenvalue weighted by molar-refractivity contribution is -0.130. The Hall–Kier alpha value is -2.34. The van der Waals surface area contributed by atoms with E-state index in [-0.39, 0.29) is 11.9 Å². The predicted octanol–water partition coefficient (Wildman–Crippen LogP) is 2.09. The third-order valence-corrected chi connectivity index (χ3v) is 3.64. The van der Waals surface area contributed by atoms with Crippen LogP contribution in [0.25, 0.3) is 0 Å². The number of benzene rings is 1. The molecule has 0 bridgehead atoms. The van der Waals surface area contributed by atoms with Gasteiger partial charge in [-0.05, 0) is 26.0 Å². The summed E-state index contributed by atoms with van der Waals surface area (Å²) in [6.07, 6.45) is 0. The quantitative estimate of drug-likeness (QED) is 0.886. The van der Waals surface area contributed by atoms with E-state index < -0.39 is 0 Å². The van der Waals surface area contributed by atoms with Crippen molar-refractivity contribution in [2.45, 2.75) is 26.4 Å². The minimum absolute atomic E-state index is 0.0390. The van der Waals surface area contributed by atoms with Crippen molar-refractivity contribution >= 4 is 5.91 Å². The number of hydrogen-bond donors (Lipinski definition) is 1. The first-order valence-corrected chi connectivity index (χ1v) is 7.60. The van der Waals surface area contributed by atoms with Crippen LogP contribution in [-0.4, -0.2) is 40.7 Å². The zero-order valence-corrected chi connectivity index (χ0v) is 14.3. The maximum Gasteiger partial charge on any atom is 0.238 e. The van der Waals surface area contributed by atoms with Crippen LogP contribution in [0.1, 0.15) is 18.2 Å². The average molecular weight is 316 g/mol. The number of carbonyl (C=O) groups is 1. The molecule has 1 aromatic heterocycles. The molecule has 2 rings (SSSR count). The fourth-order valence-electron chi connectivity index (χ4n) is 2.34. The first kappa shape index (κ1) is 17.0. The van der Waals surface area contributed by atoms with E-state index in [1.165, 1.54) is 0 Å². The summed E-state index contributed by atoms with van der Waals surface area (Å²) in [7, 11) is 5.35. The first-order valence-electron chi connectivity index (χ1n) is 7.60. The molecule has 23 heavy (non-hydrogen) atoms. The summed E-state index contributed by atoms with van der Waals surface area (Å²) in [4.78, 5) is 13.5. The lowest BCUT2D eigenvalue weighted by atomic mass is 10.2. The van der Waals surface area contributed by atoms with Gasteiger partial charge < -0.3 is 15.0 Å². The van der Waals surface area contributed by atoms with E-state index in [1.54, 1.807) is 23.7 Å². The van der Waals surface area contributed by atoms with Crippen molar-refractivity contribution in [3.63, 3.8) is 0 Å². The summed E-state index contributed by atoms with van der Waals surface area (Å²) >= 11 is 0. The number of carbonyl (C=O) groups excluding carboxylic acids is 1. The Morgan fingerprint density at radius 3 is 2.61 bits per heavy atom. The van der Waals surface area contributed by atoms with Crippen molar-refractivity contribution in [1.29, 1.82) is 0 Å². The van der Waals surface area contributed by atoms with Gasteiger partial charge in [-0.25, -0.2) is 4.68 Å². The fourth-order valence-corrected chi connectivity index (χ4v) is 2.34. The molecule has 1 amide bonds. The van der Waals surface area contributed by atoms with Crippen LogP contribution in [0.4, 0.5) is 0 Å². The fraction of sp³-hybridized carbons (Fsp3) is 0.412. The highest BCUT2D eigenvalue weighted by atomic mass is 16.5. The third kappa shape index (κ3) is 4.10. The average Bonchev–Trinajstić information content (AvgIpc) is 2.79. The molecular weight excluding hydrogens is 292 g/mol. The highest BCUT2D eigenvalue weighted by molar-refractivity contribution is 5.80. The van der Waals surface area contributed by atoms with Gasteiger partial charge in [-0.1, -0.05) is 18.2 Å². The molecule has 0 saturated heterocycles. The summed E-state index contributed by atoms with van der Waals surface area (Å²) in [5.74, 6) is 1.48. The minimum Gasteiger partial charge on any atom is -0.439 e. The molecule has 0 spiro atoms. The Morgan fingerprint density at radius 2 is 2.00 bits per heavy atom. The van der Waals surface area contributed by atoms with E-state index in [0.717, 1.165) is 17.0 Å². The number of aryl methyl sites for hydroxylation is 2. The SMILES string of the molecule is Cc1nn(C)c(Oc2ccccc2)c1CNC(C)C(=O)N(C)C. The smallest absolute Gasteiger partial charge is 0.238 e. The van der Waals surface area contributed by atoms with Gasteiger partial charge in [0.15, 0.2) is 0 Å². The second-order valence-electron chi connectivity index (χ2n) is 5.74. The van der Waals surface area contributed by atoms with Gasteiger partial charge in [0.1, 0.15) is 5.75 Å². The molecule has 0 fully saturated rings. The standard InChI is InChI=1S/C17H24N4O2/c1-12-15(11-18-13(2)16(22)20(3)4)17(21(5)19-12)23-14-9-7-6-8-10-14/h6-10,13,18H,11H2,1-5H3. The minimum atomic E-state index is -0.269. The van der Waals surface area contributed by atoms with Gasteiger partial charge in [0.25, 0.3) is 0 Å². The summed E-state index contributed by atoms with van der Waals surface area (Å²) < 4.78 is 7.69. The van der Waals surface area contributed by atoms with Crippen LogP contribution < -0.4 is 10.1 Å². The number of rotatable bonds is 6. The number of ether oxygens (including phenoxy) is 1. The molecule has 2 aromatic rings. The maximum absolute atomic E-state index is 11.9. The van der Waals surface area contributed by atoms with Crippen LogP contribution in [0.2, 0.25) is 0 Å². The van der Waals surface area contributed by atoms with Crippen LogP contribution in [0, 0.1) is 6.92 Å². The van der Waals surface area contributed by atoms with E-state index in [2.05, 4.69) is 10.4 Å². The number of amides is 1. The molecule has 1 aromatic carbocycles. The number of nitrogens with one attached hydrogen (secondary N) is 1.